The maximum absolute atomic E-state index is 11.9. The zero-order chi connectivity index (χ0) is 16.6. The van der Waals surface area contributed by atoms with Gasteiger partial charge in [-0.15, -0.1) is 0 Å². The molecule has 0 saturated heterocycles. The number of methoxy groups -OCH3 is 1. The van der Waals surface area contributed by atoms with E-state index < -0.39 is 5.97 Å². The van der Waals surface area contributed by atoms with Crippen LogP contribution in [-0.4, -0.2) is 24.2 Å². The van der Waals surface area contributed by atoms with Gasteiger partial charge in [0.2, 0.25) is 0 Å². The number of aryl methyl sites for hydroxylation is 1. The normalized spacial score (nSPS) is 16.4. The number of hydrogen-bond donors (Lipinski definition) is 1. The molecule has 2 aromatic rings. The molecule has 1 unspecified atom stereocenters. The standard InChI is InChI=1S/C18H16O5/c1-10-7-14(22-2)17-13(9-16(19)23-15(17)8-10)11-3-5-12(6-4-11)18(20)21/h3-8,13H,9H2,1-2H3,(H,20,21). The maximum atomic E-state index is 11.9. The Morgan fingerprint density at radius 2 is 1.96 bits per heavy atom. The van der Waals surface area contributed by atoms with Crippen molar-refractivity contribution in [3.8, 4) is 11.5 Å². The van der Waals surface area contributed by atoms with E-state index in [0.29, 0.717) is 11.5 Å². The molecule has 1 aliphatic heterocycles. The van der Waals surface area contributed by atoms with Crippen molar-refractivity contribution in [2.24, 2.45) is 0 Å². The van der Waals surface area contributed by atoms with Crippen molar-refractivity contribution < 1.29 is 24.2 Å². The largest absolute Gasteiger partial charge is 0.496 e. The van der Waals surface area contributed by atoms with Crippen molar-refractivity contribution in [1.82, 2.24) is 0 Å². The number of aromatic carboxylic acids is 1. The Hall–Kier alpha value is -2.82. The van der Waals surface area contributed by atoms with Crippen molar-refractivity contribution in [1.29, 1.82) is 0 Å². The molecule has 0 aromatic heterocycles. The lowest BCUT2D eigenvalue weighted by Crippen LogP contribution is -2.22. The van der Waals surface area contributed by atoms with Gasteiger partial charge in [-0.25, -0.2) is 4.79 Å². The Balaban J connectivity index is 2.11. The van der Waals surface area contributed by atoms with E-state index in [2.05, 4.69) is 0 Å². The summed E-state index contributed by atoms with van der Waals surface area (Å²) in [6.07, 6.45) is 0.193. The highest BCUT2D eigenvalue weighted by atomic mass is 16.5. The van der Waals surface area contributed by atoms with Gasteiger partial charge in [-0.05, 0) is 42.3 Å². The second-order valence-electron chi connectivity index (χ2n) is 5.54. The summed E-state index contributed by atoms with van der Waals surface area (Å²) in [5.41, 5.74) is 2.83. The molecular formula is C18H16O5. The second kappa shape index (κ2) is 5.76. The third kappa shape index (κ3) is 2.77. The van der Waals surface area contributed by atoms with Crippen LogP contribution in [0.5, 0.6) is 11.5 Å². The van der Waals surface area contributed by atoms with Gasteiger partial charge in [-0.1, -0.05) is 12.1 Å². The first-order valence-electron chi connectivity index (χ1n) is 7.22. The van der Waals surface area contributed by atoms with Crippen LogP contribution in [0.1, 0.15) is 39.4 Å². The van der Waals surface area contributed by atoms with Gasteiger partial charge >= 0.3 is 11.9 Å². The summed E-state index contributed by atoms with van der Waals surface area (Å²) < 4.78 is 10.8. The number of rotatable bonds is 3. The van der Waals surface area contributed by atoms with Gasteiger partial charge in [0.1, 0.15) is 11.5 Å². The van der Waals surface area contributed by atoms with Crippen LogP contribution in [0.15, 0.2) is 36.4 Å². The smallest absolute Gasteiger partial charge is 0.335 e. The van der Waals surface area contributed by atoms with Crippen LogP contribution < -0.4 is 9.47 Å². The van der Waals surface area contributed by atoms with Crippen LogP contribution in [0.3, 0.4) is 0 Å². The summed E-state index contributed by atoms with van der Waals surface area (Å²) in [6, 6.07) is 10.3. The number of hydrogen-bond acceptors (Lipinski definition) is 4. The van der Waals surface area contributed by atoms with Crippen LogP contribution in [0.2, 0.25) is 0 Å². The molecule has 0 aliphatic carbocycles. The van der Waals surface area contributed by atoms with E-state index >= 15 is 0 Å². The minimum absolute atomic E-state index is 0.193. The maximum Gasteiger partial charge on any atom is 0.335 e. The van der Waals surface area contributed by atoms with Crippen LogP contribution in [0, 0.1) is 6.92 Å². The summed E-state index contributed by atoms with van der Waals surface area (Å²) in [4.78, 5) is 22.9. The van der Waals surface area contributed by atoms with Gasteiger partial charge in [0.15, 0.2) is 0 Å². The number of fused-ring (bicyclic) bond motifs is 1. The highest BCUT2D eigenvalue weighted by Crippen LogP contribution is 2.44. The fourth-order valence-corrected chi connectivity index (χ4v) is 2.90. The van der Waals surface area contributed by atoms with Crippen molar-refractivity contribution in [3.05, 3.63) is 58.7 Å². The summed E-state index contributed by atoms with van der Waals surface area (Å²) >= 11 is 0. The Labute approximate surface area is 133 Å². The average molecular weight is 312 g/mol. The molecule has 0 spiro atoms. The van der Waals surface area contributed by atoms with E-state index in [-0.39, 0.29) is 23.9 Å². The highest BCUT2D eigenvalue weighted by molar-refractivity contribution is 5.87. The number of carboxylic acid groups (broad SMARTS) is 1. The minimum Gasteiger partial charge on any atom is -0.496 e. The molecule has 0 fully saturated rings. The molecule has 0 bridgehead atoms. The van der Waals surface area contributed by atoms with Gasteiger partial charge in [0, 0.05) is 11.5 Å². The topological polar surface area (TPSA) is 72.8 Å². The lowest BCUT2D eigenvalue weighted by atomic mass is 9.85. The molecule has 5 heteroatoms. The quantitative estimate of drug-likeness (QED) is 0.696. The first-order chi connectivity index (χ1) is 11.0. The fourth-order valence-electron chi connectivity index (χ4n) is 2.90. The molecule has 1 atom stereocenters. The molecule has 1 aliphatic rings. The Bertz CT molecular complexity index is 777. The van der Waals surface area contributed by atoms with E-state index in [1.165, 1.54) is 12.1 Å². The zero-order valence-corrected chi connectivity index (χ0v) is 12.8. The molecule has 1 N–H and O–H groups in total. The summed E-state index contributed by atoms with van der Waals surface area (Å²) in [7, 11) is 1.58. The van der Waals surface area contributed by atoms with Gasteiger partial charge < -0.3 is 14.6 Å². The SMILES string of the molecule is COc1cc(C)cc2c1C(c1ccc(C(=O)O)cc1)CC(=O)O2. The highest BCUT2D eigenvalue weighted by Gasteiger charge is 2.31. The molecule has 0 saturated carbocycles. The fraction of sp³-hybridized carbons (Fsp3) is 0.222. The van der Waals surface area contributed by atoms with Gasteiger partial charge in [-0.2, -0.15) is 0 Å². The van der Waals surface area contributed by atoms with Crippen LogP contribution in [0.4, 0.5) is 0 Å². The molecule has 5 nitrogen and oxygen atoms in total. The number of carbonyl (C=O) groups excluding carboxylic acids is 1. The third-order valence-electron chi connectivity index (χ3n) is 3.97. The summed E-state index contributed by atoms with van der Waals surface area (Å²) in [6.45, 7) is 1.90. The van der Waals surface area contributed by atoms with Crippen LogP contribution in [0.25, 0.3) is 0 Å². The Morgan fingerprint density at radius 1 is 1.26 bits per heavy atom. The van der Waals surface area contributed by atoms with Gasteiger partial charge in [0.25, 0.3) is 0 Å². The number of carboxylic acids is 1. The van der Waals surface area contributed by atoms with Crippen molar-refractivity contribution in [2.45, 2.75) is 19.3 Å². The number of carbonyl (C=O) groups is 2. The molecule has 118 valence electrons. The van der Waals surface area contributed by atoms with E-state index in [0.717, 1.165) is 16.7 Å². The van der Waals surface area contributed by atoms with E-state index in [4.69, 9.17) is 14.6 Å². The van der Waals surface area contributed by atoms with Crippen LogP contribution >= 0.6 is 0 Å². The Morgan fingerprint density at radius 3 is 2.57 bits per heavy atom. The second-order valence-corrected chi connectivity index (χ2v) is 5.54. The first kappa shape index (κ1) is 15.1. The lowest BCUT2D eigenvalue weighted by molar-refractivity contribution is -0.135. The minimum atomic E-state index is -0.979. The molecular weight excluding hydrogens is 296 g/mol. The van der Waals surface area contributed by atoms with Crippen molar-refractivity contribution in [2.75, 3.05) is 7.11 Å². The van der Waals surface area contributed by atoms with Crippen molar-refractivity contribution in [3.63, 3.8) is 0 Å². The molecule has 23 heavy (non-hydrogen) atoms. The zero-order valence-electron chi connectivity index (χ0n) is 12.8. The first-order valence-corrected chi connectivity index (χ1v) is 7.22. The average Bonchev–Trinajstić information content (AvgIpc) is 2.52. The van der Waals surface area contributed by atoms with E-state index in [1.807, 2.05) is 19.1 Å². The predicted molar refractivity (Wildman–Crippen MR) is 83.2 cm³/mol. The number of ether oxygens (including phenoxy) is 2. The van der Waals surface area contributed by atoms with E-state index in [1.54, 1.807) is 19.2 Å². The van der Waals surface area contributed by atoms with Gasteiger partial charge in [0.05, 0.1) is 19.1 Å². The van der Waals surface area contributed by atoms with Gasteiger partial charge in [-0.3, -0.25) is 4.79 Å². The molecule has 3 rings (SSSR count). The summed E-state index contributed by atoms with van der Waals surface area (Å²) in [5, 5.41) is 9.00. The molecule has 1 heterocycles. The van der Waals surface area contributed by atoms with Crippen LogP contribution in [-0.2, 0) is 4.79 Å². The predicted octanol–water partition coefficient (Wildman–Crippen LogP) is 3.14. The number of esters is 1. The third-order valence-corrected chi connectivity index (χ3v) is 3.97. The molecule has 0 radical (unpaired) electrons. The molecule has 0 amide bonds. The Kier molecular flexibility index (Phi) is 3.78. The van der Waals surface area contributed by atoms with E-state index in [9.17, 15) is 9.59 Å². The van der Waals surface area contributed by atoms with Crippen molar-refractivity contribution >= 4 is 11.9 Å². The lowest BCUT2D eigenvalue weighted by Gasteiger charge is -2.27. The summed E-state index contributed by atoms with van der Waals surface area (Å²) in [5.74, 6) is -0.333. The molecule has 2 aromatic carbocycles. The monoisotopic (exact) mass is 312 g/mol. The number of benzene rings is 2.